The second-order valence-electron chi connectivity index (χ2n) is 9.92. The first-order valence-corrected chi connectivity index (χ1v) is 13.6. The number of nitrogens with one attached hydrogen (secondary N) is 4. The van der Waals surface area contributed by atoms with Crippen molar-refractivity contribution in [1.82, 2.24) is 20.9 Å². The van der Waals surface area contributed by atoms with Gasteiger partial charge in [0.25, 0.3) is 5.91 Å². The van der Waals surface area contributed by atoms with Crippen LogP contribution in [-0.2, 0) is 4.79 Å². The first-order chi connectivity index (χ1) is 19.0. The van der Waals surface area contributed by atoms with Crippen LogP contribution < -0.4 is 21.7 Å². The maximum atomic E-state index is 13.9. The number of benzene rings is 3. The zero-order chi connectivity index (χ0) is 27.5. The minimum absolute atomic E-state index is 0.0470. The zero-order valence-electron chi connectivity index (χ0n) is 22.2. The SMILES string of the molecule is N=C(N)NCCCC1NC(CNC(=O)c2ccccc2)CCN(CC(c2ccccc2)c2ccccc2)C1=O. The normalized spacial score (nSPS) is 17.5. The molecule has 0 saturated carbocycles. The van der Waals surface area contributed by atoms with Crippen LogP contribution in [0.25, 0.3) is 0 Å². The van der Waals surface area contributed by atoms with Crippen molar-refractivity contribution in [2.45, 2.75) is 37.3 Å². The summed E-state index contributed by atoms with van der Waals surface area (Å²) in [5.41, 5.74) is 8.38. The monoisotopic (exact) mass is 526 g/mol. The average Bonchev–Trinajstić information content (AvgIpc) is 3.12. The van der Waals surface area contributed by atoms with Gasteiger partial charge < -0.3 is 26.6 Å². The van der Waals surface area contributed by atoms with Gasteiger partial charge in [0.2, 0.25) is 5.91 Å². The number of rotatable bonds is 11. The van der Waals surface area contributed by atoms with Crippen LogP contribution in [0.5, 0.6) is 0 Å². The van der Waals surface area contributed by atoms with E-state index < -0.39 is 6.04 Å². The Balaban J connectivity index is 1.49. The molecule has 8 nitrogen and oxygen atoms in total. The Kier molecular flexibility index (Phi) is 10.1. The minimum Gasteiger partial charge on any atom is -0.370 e. The van der Waals surface area contributed by atoms with Crippen molar-refractivity contribution >= 4 is 17.8 Å². The molecule has 1 heterocycles. The smallest absolute Gasteiger partial charge is 0.251 e. The molecule has 204 valence electrons. The fourth-order valence-corrected chi connectivity index (χ4v) is 5.06. The summed E-state index contributed by atoms with van der Waals surface area (Å²) in [6.07, 6.45) is 2.00. The fourth-order valence-electron chi connectivity index (χ4n) is 5.06. The van der Waals surface area contributed by atoms with Gasteiger partial charge in [-0.1, -0.05) is 78.9 Å². The van der Waals surface area contributed by atoms with Crippen LogP contribution in [0.3, 0.4) is 0 Å². The van der Waals surface area contributed by atoms with Crippen LogP contribution in [0.4, 0.5) is 0 Å². The maximum absolute atomic E-state index is 13.9. The Bertz CT molecular complexity index is 1170. The van der Waals surface area contributed by atoms with E-state index >= 15 is 0 Å². The molecule has 8 heteroatoms. The van der Waals surface area contributed by atoms with E-state index in [0.29, 0.717) is 44.6 Å². The van der Waals surface area contributed by atoms with E-state index in [-0.39, 0.29) is 29.7 Å². The predicted octanol–water partition coefficient (Wildman–Crippen LogP) is 3.07. The summed E-state index contributed by atoms with van der Waals surface area (Å²) in [6, 6.07) is 29.3. The molecule has 0 spiro atoms. The highest BCUT2D eigenvalue weighted by molar-refractivity contribution is 5.94. The standard InChI is InChI=1S/C31H38N6O2/c32-31(33)34-19-10-17-28-30(39)37(20-18-26(36-28)21-35-29(38)25-15-8-3-9-16-25)22-27(23-11-4-1-5-12-23)24-13-6-2-7-14-24/h1-9,11-16,26-28,36H,10,17-22H2,(H,35,38)(H4,32,33,34). The average molecular weight is 527 g/mol. The van der Waals surface area contributed by atoms with Gasteiger partial charge in [-0.3, -0.25) is 15.0 Å². The van der Waals surface area contributed by atoms with Gasteiger partial charge in [0.15, 0.2) is 5.96 Å². The highest BCUT2D eigenvalue weighted by Crippen LogP contribution is 2.27. The Morgan fingerprint density at radius 2 is 1.54 bits per heavy atom. The van der Waals surface area contributed by atoms with Gasteiger partial charge in [0.1, 0.15) is 0 Å². The van der Waals surface area contributed by atoms with Gasteiger partial charge >= 0.3 is 0 Å². The number of nitrogens with two attached hydrogens (primary N) is 1. The summed E-state index contributed by atoms with van der Waals surface area (Å²) >= 11 is 0. The Labute approximate surface area is 230 Å². The van der Waals surface area contributed by atoms with E-state index in [1.807, 2.05) is 59.5 Å². The molecule has 6 N–H and O–H groups in total. The first kappa shape index (κ1) is 27.9. The van der Waals surface area contributed by atoms with Gasteiger partial charge in [-0.25, -0.2) is 0 Å². The summed E-state index contributed by atoms with van der Waals surface area (Å²) in [7, 11) is 0. The molecular weight excluding hydrogens is 488 g/mol. The Morgan fingerprint density at radius 1 is 0.949 bits per heavy atom. The van der Waals surface area contributed by atoms with Gasteiger partial charge in [-0.05, 0) is 42.5 Å². The molecule has 2 amide bonds. The number of carbonyl (C=O) groups excluding carboxylic acids is 2. The number of guanidine groups is 1. The molecular formula is C31H38N6O2. The fraction of sp³-hybridized carbons (Fsp3) is 0.323. The lowest BCUT2D eigenvalue weighted by Crippen LogP contribution is -2.49. The van der Waals surface area contributed by atoms with Gasteiger partial charge in [-0.2, -0.15) is 0 Å². The highest BCUT2D eigenvalue weighted by atomic mass is 16.2. The molecule has 3 aromatic rings. The Hall–Kier alpha value is -4.17. The topological polar surface area (TPSA) is 123 Å². The number of amides is 2. The van der Waals surface area contributed by atoms with Crippen molar-refractivity contribution < 1.29 is 9.59 Å². The largest absolute Gasteiger partial charge is 0.370 e. The summed E-state index contributed by atoms with van der Waals surface area (Å²) in [5, 5.41) is 16.8. The van der Waals surface area contributed by atoms with E-state index in [1.54, 1.807) is 12.1 Å². The van der Waals surface area contributed by atoms with E-state index in [0.717, 1.165) is 6.42 Å². The summed E-state index contributed by atoms with van der Waals surface area (Å²) in [4.78, 5) is 28.5. The predicted molar refractivity (Wildman–Crippen MR) is 155 cm³/mol. The van der Waals surface area contributed by atoms with E-state index in [1.165, 1.54) is 11.1 Å². The summed E-state index contributed by atoms with van der Waals surface area (Å²) < 4.78 is 0. The third kappa shape index (κ3) is 8.15. The van der Waals surface area contributed by atoms with Gasteiger partial charge in [0, 0.05) is 43.7 Å². The number of carbonyl (C=O) groups is 2. The van der Waals surface area contributed by atoms with Crippen molar-refractivity contribution in [2.24, 2.45) is 5.73 Å². The molecule has 2 atom stereocenters. The summed E-state index contributed by atoms with van der Waals surface area (Å²) in [5.74, 6) is -0.0932. The number of hydrogen-bond acceptors (Lipinski definition) is 4. The number of hydrogen-bond donors (Lipinski definition) is 5. The third-order valence-electron chi connectivity index (χ3n) is 7.13. The molecule has 1 aliphatic rings. The van der Waals surface area contributed by atoms with E-state index in [4.69, 9.17) is 11.1 Å². The quantitative estimate of drug-likeness (QED) is 0.149. The molecule has 3 aromatic carbocycles. The van der Waals surface area contributed by atoms with Crippen LogP contribution in [-0.4, -0.2) is 60.9 Å². The lowest BCUT2D eigenvalue weighted by atomic mass is 9.90. The molecule has 0 bridgehead atoms. The van der Waals surface area contributed by atoms with Crippen LogP contribution in [0, 0.1) is 5.41 Å². The van der Waals surface area contributed by atoms with Crippen LogP contribution >= 0.6 is 0 Å². The van der Waals surface area contributed by atoms with E-state index in [9.17, 15) is 9.59 Å². The lowest BCUT2D eigenvalue weighted by Gasteiger charge is -2.29. The van der Waals surface area contributed by atoms with Crippen molar-refractivity contribution in [3.05, 3.63) is 108 Å². The molecule has 1 aliphatic heterocycles. The molecule has 1 fully saturated rings. The van der Waals surface area contributed by atoms with Crippen LogP contribution in [0.2, 0.25) is 0 Å². The van der Waals surface area contributed by atoms with Crippen LogP contribution in [0.15, 0.2) is 91.0 Å². The van der Waals surface area contributed by atoms with Crippen LogP contribution in [0.1, 0.15) is 46.7 Å². The first-order valence-electron chi connectivity index (χ1n) is 13.6. The molecule has 2 unspecified atom stereocenters. The maximum Gasteiger partial charge on any atom is 0.251 e. The molecule has 1 saturated heterocycles. The molecule has 0 aliphatic carbocycles. The molecule has 4 rings (SSSR count). The lowest BCUT2D eigenvalue weighted by molar-refractivity contribution is -0.133. The van der Waals surface area contributed by atoms with Gasteiger partial charge in [-0.15, -0.1) is 0 Å². The second-order valence-corrected chi connectivity index (χ2v) is 9.92. The third-order valence-corrected chi connectivity index (χ3v) is 7.13. The van der Waals surface area contributed by atoms with Crippen molar-refractivity contribution in [2.75, 3.05) is 26.2 Å². The molecule has 39 heavy (non-hydrogen) atoms. The minimum atomic E-state index is -0.396. The van der Waals surface area contributed by atoms with Crippen molar-refractivity contribution in [3.63, 3.8) is 0 Å². The van der Waals surface area contributed by atoms with Crippen molar-refractivity contribution in [3.8, 4) is 0 Å². The second kappa shape index (κ2) is 14.1. The van der Waals surface area contributed by atoms with E-state index in [2.05, 4.69) is 40.2 Å². The van der Waals surface area contributed by atoms with Gasteiger partial charge in [0.05, 0.1) is 6.04 Å². The number of nitrogens with zero attached hydrogens (tertiary/aromatic N) is 1. The zero-order valence-corrected chi connectivity index (χ0v) is 22.2. The van der Waals surface area contributed by atoms with Crippen molar-refractivity contribution in [1.29, 1.82) is 5.41 Å². The Morgan fingerprint density at radius 3 is 2.13 bits per heavy atom. The molecule has 0 radical (unpaired) electrons. The molecule has 0 aromatic heterocycles. The highest BCUT2D eigenvalue weighted by Gasteiger charge is 2.32. The summed E-state index contributed by atoms with van der Waals surface area (Å²) in [6.45, 7) is 2.11.